The third kappa shape index (κ3) is 5.28. The fourth-order valence-corrected chi connectivity index (χ4v) is 3.16. The van der Waals surface area contributed by atoms with Crippen LogP contribution < -0.4 is 10.2 Å². The van der Waals surface area contributed by atoms with Crippen LogP contribution in [0.2, 0.25) is 0 Å². The Hall–Kier alpha value is -0.580. The van der Waals surface area contributed by atoms with Gasteiger partial charge in [0.1, 0.15) is 0 Å². The van der Waals surface area contributed by atoms with Crippen LogP contribution in [0.15, 0.2) is 22.7 Å². The number of benzene rings is 1. The van der Waals surface area contributed by atoms with E-state index in [1.54, 1.807) is 0 Å². The lowest BCUT2D eigenvalue weighted by Crippen LogP contribution is -2.29. The topological polar surface area (TPSA) is 24.5 Å². The number of nitrogens with zero attached hydrogens (tertiary/aromatic N) is 1. The van der Waals surface area contributed by atoms with E-state index < -0.39 is 0 Å². The minimum atomic E-state index is 0.507. The van der Waals surface area contributed by atoms with E-state index in [2.05, 4.69) is 65.2 Å². The molecule has 0 bridgehead atoms. The first-order chi connectivity index (χ1) is 10.1. The van der Waals surface area contributed by atoms with E-state index in [0.717, 1.165) is 32.2 Å². The quantitative estimate of drug-likeness (QED) is 0.840. The molecular weight excluding hydrogens is 328 g/mol. The first-order valence-electron chi connectivity index (χ1n) is 7.87. The molecule has 2 rings (SSSR count). The van der Waals surface area contributed by atoms with Crippen LogP contribution in [0.5, 0.6) is 0 Å². The van der Waals surface area contributed by atoms with E-state index in [4.69, 9.17) is 4.74 Å². The van der Waals surface area contributed by atoms with E-state index in [1.807, 2.05) is 0 Å². The highest BCUT2D eigenvalue weighted by atomic mass is 79.9. The highest BCUT2D eigenvalue weighted by molar-refractivity contribution is 9.10. The van der Waals surface area contributed by atoms with Crippen molar-refractivity contribution < 1.29 is 4.74 Å². The number of anilines is 1. The molecule has 0 unspecified atom stereocenters. The van der Waals surface area contributed by atoms with Crippen molar-refractivity contribution in [3.8, 4) is 0 Å². The molecule has 1 saturated heterocycles. The van der Waals surface area contributed by atoms with Gasteiger partial charge in [-0.1, -0.05) is 35.8 Å². The fourth-order valence-electron chi connectivity index (χ4n) is 2.65. The number of hydrogen-bond acceptors (Lipinski definition) is 3. The Bertz CT molecular complexity index is 444. The Morgan fingerprint density at radius 3 is 2.67 bits per heavy atom. The maximum Gasteiger partial charge on any atom is 0.0469 e. The molecule has 0 spiro atoms. The van der Waals surface area contributed by atoms with Gasteiger partial charge in [0.2, 0.25) is 0 Å². The smallest absolute Gasteiger partial charge is 0.0469 e. The largest absolute Gasteiger partial charge is 0.381 e. The minimum absolute atomic E-state index is 0.507. The van der Waals surface area contributed by atoms with Crippen molar-refractivity contribution in [2.45, 2.75) is 39.3 Å². The molecule has 1 aromatic rings. The summed E-state index contributed by atoms with van der Waals surface area (Å²) in [5.41, 5.74) is 2.59. The molecule has 0 aliphatic carbocycles. The second kappa shape index (κ2) is 8.16. The zero-order valence-electron chi connectivity index (χ0n) is 13.4. The zero-order chi connectivity index (χ0) is 15.2. The molecule has 0 amide bonds. The van der Waals surface area contributed by atoms with Gasteiger partial charge in [0.15, 0.2) is 0 Å². The van der Waals surface area contributed by atoms with E-state index in [-0.39, 0.29) is 0 Å². The Labute approximate surface area is 137 Å². The van der Waals surface area contributed by atoms with Crippen molar-refractivity contribution >= 4 is 21.6 Å². The van der Waals surface area contributed by atoms with Crippen LogP contribution in [0, 0.1) is 5.92 Å². The molecule has 0 saturated carbocycles. The SMILES string of the molecule is CC(C)NCc1ccc(N(C)CC2CCOCC2)cc1Br. The van der Waals surface area contributed by atoms with E-state index in [0.29, 0.717) is 6.04 Å². The van der Waals surface area contributed by atoms with Gasteiger partial charge in [-0.25, -0.2) is 0 Å². The summed E-state index contributed by atoms with van der Waals surface area (Å²) in [6, 6.07) is 7.18. The van der Waals surface area contributed by atoms with E-state index in [1.165, 1.54) is 28.6 Å². The Kier molecular flexibility index (Phi) is 6.52. The maximum absolute atomic E-state index is 5.44. The molecule has 1 N–H and O–H groups in total. The molecular formula is C17H27BrN2O. The lowest BCUT2D eigenvalue weighted by atomic mass is 9.99. The van der Waals surface area contributed by atoms with Crippen LogP contribution in [-0.4, -0.2) is 32.8 Å². The standard InChI is InChI=1S/C17H27BrN2O/c1-13(2)19-11-15-4-5-16(10-17(15)18)20(3)12-14-6-8-21-9-7-14/h4-5,10,13-14,19H,6-9,11-12H2,1-3H3. The summed E-state index contributed by atoms with van der Waals surface area (Å²) in [7, 11) is 2.18. The minimum Gasteiger partial charge on any atom is -0.381 e. The van der Waals surface area contributed by atoms with Gasteiger partial charge in [-0.15, -0.1) is 0 Å². The van der Waals surface area contributed by atoms with Crippen molar-refractivity contribution in [2.24, 2.45) is 5.92 Å². The van der Waals surface area contributed by atoms with Crippen LogP contribution in [-0.2, 0) is 11.3 Å². The molecule has 1 aliphatic heterocycles. The van der Waals surface area contributed by atoms with Gasteiger partial charge in [-0.05, 0) is 36.5 Å². The summed E-state index contributed by atoms with van der Waals surface area (Å²) in [5, 5.41) is 3.46. The highest BCUT2D eigenvalue weighted by Gasteiger charge is 2.16. The number of hydrogen-bond donors (Lipinski definition) is 1. The summed E-state index contributed by atoms with van der Waals surface area (Å²) in [6.07, 6.45) is 2.36. The molecule has 4 heteroatoms. The second-order valence-electron chi connectivity index (χ2n) is 6.25. The van der Waals surface area contributed by atoms with Crippen molar-refractivity contribution in [1.82, 2.24) is 5.32 Å². The Balaban J connectivity index is 1.94. The van der Waals surface area contributed by atoms with Gasteiger partial charge in [0.05, 0.1) is 0 Å². The third-order valence-corrected chi connectivity index (χ3v) is 4.79. The maximum atomic E-state index is 5.44. The normalized spacial score (nSPS) is 16.4. The summed E-state index contributed by atoms with van der Waals surface area (Å²) >= 11 is 3.70. The van der Waals surface area contributed by atoms with Crippen LogP contribution in [0.25, 0.3) is 0 Å². The lowest BCUT2D eigenvalue weighted by Gasteiger charge is -2.28. The second-order valence-corrected chi connectivity index (χ2v) is 7.10. The van der Waals surface area contributed by atoms with Crippen LogP contribution in [0.1, 0.15) is 32.3 Å². The van der Waals surface area contributed by atoms with Crippen LogP contribution >= 0.6 is 15.9 Å². The predicted octanol–water partition coefficient (Wildman–Crippen LogP) is 3.81. The van der Waals surface area contributed by atoms with Gasteiger partial charge < -0.3 is 15.0 Å². The van der Waals surface area contributed by atoms with Crippen LogP contribution in [0.4, 0.5) is 5.69 Å². The molecule has 1 aliphatic rings. The molecule has 0 radical (unpaired) electrons. The van der Waals surface area contributed by atoms with Crippen LogP contribution in [0.3, 0.4) is 0 Å². The van der Waals surface area contributed by atoms with Gasteiger partial charge in [-0.3, -0.25) is 0 Å². The molecule has 0 atom stereocenters. The number of nitrogens with one attached hydrogen (secondary N) is 1. The van der Waals surface area contributed by atoms with Gasteiger partial charge in [-0.2, -0.15) is 0 Å². The summed E-state index contributed by atoms with van der Waals surface area (Å²) in [6.45, 7) is 8.19. The van der Waals surface area contributed by atoms with Crippen molar-refractivity contribution in [1.29, 1.82) is 0 Å². The van der Waals surface area contributed by atoms with Gasteiger partial charge in [0, 0.05) is 49.6 Å². The van der Waals surface area contributed by atoms with Crippen molar-refractivity contribution in [3.63, 3.8) is 0 Å². The number of rotatable bonds is 6. The van der Waals surface area contributed by atoms with Crippen molar-refractivity contribution in [3.05, 3.63) is 28.2 Å². The predicted molar refractivity (Wildman–Crippen MR) is 92.9 cm³/mol. The van der Waals surface area contributed by atoms with Gasteiger partial charge >= 0.3 is 0 Å². The highest BCUT2D eigenvalue weighted by Crippen LogP contribution is 2.25. The van der Waals surface area contributed by atoms with Crippen molar-refractivity contribution in [2.75, 3.05) is 31.7 Å². The van der Waals surface area contributed by atoms with E-state index in [9.17, 15) is 0 Å². The Morgan fingerprint density at radius 2 is 2.05 bits per heavy atom. The van der Waals surface area contributed by atoms with E-state index >= 15 is 0 Å². The lowest BCUT2D eigenvalue weighted by molar-refractivity contribution is 0.0685. The van der Waals surface area contributed by atoms with Gasteiger partial charge in [0.25, 0.3) is 0 Å². The zero-order valence-corrected chi connectivity index (χ0v) is 14.9. The molecule has 1 fully saturated rings. The number of halogens is 1. The molecule has 118 valence electrons. The number of ether oxygens (including phenoxy) is 1. The third-order valence-electron chi connectivity index (χ3n) is 4.05. The summed E-state index contributed by atoms with van der Waals surface area (Å²) < 4.78 is 6.62. The first-order valence-corrected chi connectivity index (χ1v) is 8.66. The summed E-state index contributed by atoms with van der Waals surface area (Å²) in [5.74, 6) is 0.754. The fraction of sp³-hybridized carbons (Fsp3) is 0.647. The monoisotopic (exact) mass is 354 g/mol. The average Bonchev–Trinajstić information content (AvgIpc) is 2.46. The Morgan fingerprint density at radius 1 is 1.33 bits per heavy atom. The molecule has 0 aromatic heterocycles. The molecule has 21 heavy (non-hydrogen) atoms. The average molecular weight is 355 g/mol. The molecule has 3 nitrogen and oxygen atoms in total. The molecule has 1 heterocycles. The first kappa shape index (κ1) is 16.8. The molecule has 1 aromatic carbocycles. The summed E-state index contributed by atoms with van der Waals surface area (Å²) in [4.78, 5) is 2.36.